The summed E-state index contributed by atoms with van der Waals surface area (Å²) in [7, 11) is 0. The normalized spacial score (nSPS) is 13.7. The van der Waals surface area contributed by atoms with Gasteiger partial charge in [-0.15, -0.1) is 0 Å². The second-order valence-electron chi connectivity index (χ2n) is 3.33. The number of hydrogen-bond acceptors (Lipinski definition) is 4. The predicted molar refractivity (Wildman–Crippen MR) is 55.6 cm³/mol. The monoisotopic (exact) mass is 207 g/mol. The molecule has 0 bridgehead atoms. The Kier molecular flexibility index (Phi) is 2.87. The van der Waals surface area contributed by atoms with Crippen LogP contribution in [0.5, 0.6) is 11.5 Å². The van der Waals surface area contributed by atoms with Gasteiger partial charge in [0, 0.05) is 0 Å². The molecule has 0 radical (unpaired) electrons. The zero-order valence-corrected chi connectivity index (χ0v) is 8.36. The van der Waals surface area contributed by atoms with E-state index in [2.05, 4.69) is 0 Å². The third-order valence-corrected chi connectivity index (χ3v) is 2.34. The van der Waals surface area contributed by atoms with Crippen LogP contribution in [0, 0.1) is 0 Å². The molecule has 0 saturated heterocycles. The molecule has 1 aliphatic rings. The van der Waals surface area contributed by atoms with Crippen molar-refractivity contribution in [2.75, 3.05) is 19.8 Å². The molecular formula is C11H13NO3. The maximum atomic E-state index is 10.8. The summed E-state index contributed by atoms with van der Waals surface area (Å²) < 4.78 is 10.9. The van der Waals surface area contributed by atoms with E-state index in [1.807, 2.05) is 6.07 Å². The first kappa shape index (κ1) is 9.98. The largest absolute Gasteiger partial charge is 0.486 e. The van der Waals surface area contributed by atoms with Gasteiger partial charge >= 0.3 is 0 Å². The summed E-state index contributed by atoms with van der Waals surface area (Å²) >= 11 is 0. The molecule has 15 heavy (non-hydrogen) atoms. The number of nitrogens with two attached hydrogens (primary N) is 1. The fourth-order valence-corrected chi connectivity index (χ4v) is 1.66. The Morgan fingerprint density at radius 2 is 2.00 bits per heavy atom. The lowest BCUT2D eigenvalue weighted by atomic mass is 10.1. The molecule has 0 spiro atoms. The van der Waals surface area contributed by atoms with Gasteiger partial charge < -0.3 is 15.2 Å². The summed E-state index contributed by atoms with van der Waals surface area (Å²) in [5, 5.41) is 0. The van der Waals surface area contributed by atoms with Crippen molar-refractivity contribution in [3.05, 3.63) is 23.3 Å². The van der Waals surface area contributed by atoms with Gasteiger partial charge in [-0.1, -0.05) is 6.07 Å². The van der Waals surface area contributed by atoms with Crippen LogP contribution in [0.25, 0.3) is 0 Å². The topological polar surface area (TPSA) is 61.6 Å². The Hall–Kier alpha value is -1.55. The molecule has 0 aliphatic carbocycles. The number of ether oxygens (including phenoxy) is 2. The number of aldehydes is 1. The minimum absolute atomic E-state index is 0.486. The SMILES string of the molecule is NCCc1ccc(C=O)c2c1OCCO2. The molecule has 1 heterocycles. The van der Waals surface area contributed by atoms with Gasteiger partial charge in [-0.25, -0.2) is 0 Å². The summed E-state index contributed by atoms with van der Waals surface area (Å²) in [4.78, 5) is 10.8. The van der Waals surface area contributed by atoms with E-state index < -0.39 is 0 Å². The molecule has 1 aromatic rings. The standard InChI is InChI=1S/C11H13NO3/c12-4-3-8-1-2-9(7-13)11-10(8)14-5-6-15-11/h1-2,7H,3-6,12H2. The average molecular weight is 207 g/mol. The van der Waals surface area contributed by atoms with Gasteiger partial charge in [-0.2, -0.15) is 0 Å². The van der Waals surface area contributed by atoms with Crippen LogP contribution in [-0.2, 0) is 6.42 Å². The summed E-state index contributed by atoms with van der Waals surface area (Å²) in [6.07, 6.45) is 1.50. The van der Waals surface area contributed by atoms with Gasteiger partial charge in [0.1, 0.15) is 13.2 Å². The number of carbonyl (C=O) groups is 1. The second kappa shape index (κ2) is 4.31. The van der Waals surface area contributed by atoms with Crippen LogP contribution >= 0.6 is 0 Å². The molecule has 0 unspecified atom stereocenters. The van der Waals surface area contributed by atoms with E-state index in [1.165, 1.54) is 0 Å². The molecule has 0 fully saturated rings. The fourth-order valence-electron chi connectivity index (χ4n) is 1.66. The van der Waals surface area contributed by atoms with E-state index in [1.54, 1.807) is 6.07 Å². The van der Waals surface area contributed by atoms with Crippen LogP contribution in [0.1, 0.15) is 15.9 Å². The first-order valence-electron chi connectivity index (χ1n) is 4.93. The molecule has 0 aromatic heterocycles. The molecule has 80 valence electrons. The highest BCUT2D eigenvalue weighted by Crippen LogP contribution is 2.36. The van der Waals surface area contributed by atoms with Crippen molar-refractivity contribution in [2.24, 2.45) is 5.73 Å². The Morgan fingerprint density at radius 3 is 2.67 bits per heavy atom. The van der Waals surface area contributed by atoms with Crippen molar-refractivity contribution >= 4 is 6.29 Å². The summed E-state index contributed by atoms with van der Waals surface area (Å²) in [5.41, 5.74) is 7.03. The van der Waals surface area contributed by atoms with E-state index >= 15 is 0 Å². The zero-order chi connectivity index (χ0) is 10.7. The van der Waals surface area contributed by atoms with Crippen LogP contribution in [0.2, 0.25) is 0 Å². The average Bonchev–Trinajstić information content (AvgIpc) is 2.30. The number of rotatable bonds is 3. The highest BCUT2D eigenvalue weighted by molar-refractivity contribution is 5.82. The Bertz CT molecular complexity index is 376. The zero-order valence-electron chi connectivity index (χ0n) is 8.36. The number of carbonyl (C=O) groups excluding carboxylic acids is 1. The van der Waals surface area contributed by atoms with Gasteiger partial charge in [-0.3, -0.25) is 4.79 Å². The van der Waals surface area contributed by atoms with Crippen LogP contribution in [0.3, 0.4) is 0 Å². The predicted octanol–water partition coefficient (Wildman–Crippen LogP) is 0.771. The summed E-state index contributed by atoms with van der Waals surface area (Å²) in [6, 6.07) is 3.61. The molecule has 0 atom stereocenters. The van der Waals surface area contributed by atoms with Gasteiger partial charge in [0.2, 0.25) is 0 Å². The highest BCUT2D eigenvalue weighted by atomic mass is 16.6. The first-order valence-corrected chi connectivity index (χ1v) is 4.93. The molecule has 0 amide bonds. The lowest BCUT2D eigenvalue weighted by Crippen LogP contribution is -2.18. The summed E-state index contributed by atoms with van der Waals surface area (Å²) in [5.74, 6) is 1.23. The van der Waals surface area contributed by atoms with E-state index in [0.29, 0.717) is 36.8 Å². The van der Waals surface area contributed by atoms with Crippen molar-refractivity contribution in [1.82, 2.24) is 0 Å². The molecule has 1 aromatic carbocycles. The maximum Gasteiger partial charge on any atom is 0.172 e. The lowest BCUT2D eigenvalue weighted by Gasteiger charge is -2.22. The fraction of sp³-hybridized carbons (Fsp3) is 0.364. The van der Waals surface area contributed by atoms with Crippen LogP contribution in [0.4, 0.5) is 0 Å². The molecule has 0 saturated carbocycles. The lowest BCUT2D eigenvalue weighted by molar-refractivity contribution is 0.111. The van der Waals surface area contributed by atoms with Gasteiger partial charge in [0.25, 0.3) is 0 Å². The van der Waals surface area contributed by atoms with Crippen molar-refractivity contribution in [3.8, 4) is 11.5 Å². The van der Waals surface area contributed by atoms with E-state index in [0.717, 1.165) is 18.3 Å². The minimum atomic E-state index is 0.486. The smallest absolute Gasteiger partial charge is 0.172 e. The number of hydrogen-bond donors (Lipinski definition) is 1. The molecule has 1 aliphatic heterocycles. The molecular weight excluding hydrogens is 194 g/mol. The third-order valence-electron chi connectivity index (χ3n) is 2.34. The Morgan fingerprint density at radius 1 is 1.27 bits per heavy atom. The quantitative estimate of drug-likeness (QED) is 0.744. The van der Waals surface area contributed by atoms with Crippen LogP contribution in [0.15, 0.2) is 12.1 Å². The molecule has 2 rings (SSSR count). The van der Waals surface area contributed by atoms with E-state index in [4.69, 9.17) is 15.2 Å². The van der Waals surface area contributed by atoms with Crippen molar-refractivity contribution in [1.29, 1.82) is 0 Å². The van der Waals surface area contributed by atoms with Crippen molar-refractivity contribution in [3.63, 3.8) is 0 Å². The molecule has 4 heteroatoms. The van der Waals surface area contributed by atoms with Crippen molar-refractivity contribution in [2.45, 2.75) is 6.42 Å². The van der Waals surface area contributed by atoms with Crippen LogP contribution < -0.4 is 15.2 Å². The molecule has 2 N–H and O–H groups in total. The maximum absolute atomic E-state index is 10.8. The van der Waals surface area contributed by atoms with Crippen molar-refractivity contribution < 1.29 is 14.3 Å². The Balaban J connectivity index is 2.47. The minimum Gasteiger partial charge on any atom is -0.486 e. The highest BCUT2D eigenvalue weighted by Gasteiger charge is 2.19. The van der Waals surface area contributed by atoms with E-state index in [9.17, 15) is 4.79 Å². The number of benzene rings is 1. The second-order valence-corrected chi connectivity index (χ2v) is 3.33. The third kappa shape index (κ3) is 1.80. The van der Waals surface area contributed by atoms with Gasteiger partial charge in [0.15, 0.2) is 17.8 Å². The Labute approximate surface area is 88.0 Å². The van der Waals surface area contributed by atoms with Crippen LogP contribution in [-0.4, -0.2) is 26.0 Å². The van der Waals surface area contributed by atoms with E-state index in [-0.39, 0.29) is 0 Å². The molecule has 4 nitrogen and oxygen atoms in total. The first-order chi connectivity index (χ1) is 7.36. The van der Waals surface area contributed by atoms with Gasteiger partial charge in [-0.05, 0) is 24.6 Å². The van der Waals surface area contributed by atoms with Gasteiger partial charge in [0.05, 0.1) is 5.56 Å². The number of fused-ring (bicyclic) bond motifs is 1. The summed E-state index contributed by atoms with van der Waals surface area (Å²) in [6.45, 7) is 1.56.